The molecule has 8 nitrogen and oxygen atoms in total. The minimum Gasteiger partial charge on any atom is -0.384 e. The lowest BCUT2D eigenvalue weighted by Crippen LogP contribution is -2.34. The van der Waals surface area contributed by atoms with Crippen LogP contribution in [0.4, 0.5) is 17.7 Å². The van der Waals surface area contributed by atoms with Gasteiger partial charge in [-0.15, -0.1) is 0 Å². The van der Waals surface area contributed by atoms with Crippen molar-refractivity contribution in [3.63, 3.8) is 0 Å². The van der Waals surface area contributed by atoms with E-state index in [1.165, 1.54) is 0 Å². The Hall–Kier alpha value is -3.42. The third-order valence-corrected chi connectivity index (χ3v) is 6.33. The summed E-state index contributed by atoms with van der Waals surface area (Å²) in [6.45, 7) is 9.17. The van der Waals surface area contributed by atoms with E-state index in [0.717, 1.165) is 65.5 Å². The summed E-state index contributed by atoms with van der Waals surface area (Å²) in [6.07, 6.45) is 4.23. The number of pyridine rings is 1. The van der Waals surface area contributed by atoms with Gasteiger partial charge in [0.15, 0.2) is 5.65 Å². The summed E-state index contributed by atoms with van der Waals surface area (Å²) in [6, 6.07) is 9.98. The van der Waals surface area contributed by atoms with Crippen LogP contribution in [0.5, 0.6) is 0 Å². The number of nitrogens with zero attached hydrogens (tertiary/aromatic N) is 6. The molecule has 0 saturated carbocycles. The quantitative estimate of drug-likeness (QED) is 0.489. The Bertz CT molecular complexity index is 1250. The van der Waals surface area contributed by atoms with Crippen LogP contribution in [-0.4, -0.2) is 37.7 Å². The number of rotatable bonds is 5. The maximum absolute atomic E-state index is 5.95. The summed E-state index contributed by atoms with van der Waals surface area (Å²) in [5, 5.41) is 9.17. The van der Waals surface area contributed by atoms with Gasteiger partial charge in [-0.2, -0.15) is 19.6 Å². The number of nitrogens with one attached hydrogen (secondary N) is 1. The van der Waals surface area contributed by atoms with Crippen molar-refractivity contribution in [3.8, 4) is 0 Å². The summed E-state index contributed by atoms with van der Waals surface area (Å²) in [4.78, 5) is 16.7. The second kappa shape index (κ2) is 8.26. The lowest BCUT2D eigenvalue weighted by atomic mass is 10.00. The van der Waals surface area contributed by atoms with E-state index in [0.29, 0.717) is 24.2 Å². The van der Waals surface area contributed by atoms with Gasteiger partial charge >= 0.3 is 0 Å². The predicted molar refractivity (Wildman–Crippen MR) is 129 cm³/mol. The molecule has 0 aliphatic carbocycles. The summed E-state index contributed by atoms with van der Waals surface area (Å²) >= 11 is 0. The number of hydrogen-bond donors (Lipinski definition) is 2. The van der Waals surface area contributed by atoms with Crippen molar-refractivity contribution in [1.82, 2.24) is 24.6 Å². The number of hydrogen-bond acceptors (Lipinski definition) is 7. The second-order valence-electron chi connectivity index (χ2n) is 9.09. The first-order valence-electron chi connectivity index (χ1n) is 11.4. The Kier molecular flexibility index (Phi) is 5.28. The van der Waals surface area contributed by atoms with Gasteiger partial charge in [-0.05, 0) is 42.4 Å². The first kappa shape index (κ1) is 20.5. The Morgan fingerprint density at radius 2 is 1.91 bits per heavy atom. The van der Waals surface area contributed by atoms with Gasteiger partial charge in [-0.25, -0.2) is 4.98 Å². The monoisotopic (exact) mass is 430 g/mol. The molecule has 0 unspecified atom stereocenters. The van der Waals surface area contributed by atoms with Gasteiger partial charge in [0.1, 0.15) is 5.82 Å². The third-order valence-electron chi connectivity index (χ3n) is 6.33. The summed E-state index contributed by atoms with van der Waals surface area (Å²) < 4.78 is 1.82. The number of anilines is 3. The van der Waals surface area contributed by atoms with Crippen molar-refractivity contribution in [2.45, 2.75) is 46.1 Å². The van der Waals surface area contributed by atoms with E-state index in [-0.39, 0.29) is 0 Å². The predicted octanol–water partition coefficient (Wildman–Crippen LogP) is 4.23. The highest BCUT2D eigenvalue weighted by Crippen LogP contribution is 2.26. The highest BCUT2D eigenvalue weighted by atomic mass is 15.4. The molecule has 32 heavy (non-hydrogen) atoms. The highest BCUT2D eigenvalue weighted by molar-refractivity contribution is 5.83. The molecule has 3 N–H and O–H groups in total. The fourth-order valence-electron chi connectivity index (χ4n) is 4.30. The minimum atomic E-state index is 0.328. The first-order chi connectivity index (χ1) is 15.5. The van der Waals surface area contributed by atoms with Gasteiger partial charge in [0, 0.05) is 30.6 Å². The maximum atomic E-state index is 5.95. The average Bonchev–Trinajstić information content (AvgIpc) is 3.22. The van der Waals surface area contributed by atoms with E-state index in [4.69, 9.17) is 15.7 Å². The van der Waals surface area contributed by atoms with E-state index < -0.39 is 0 Å². The van der Waals surface area contributed by atoms with Gasteiger partial charge in [0.2, 0.25) is 11.9 Å². The molecule has 4 aromatic rings. The van der Waals surface area contributed by atoms with Crippen molar-refractivity contribution in [2.75, 3.05) is 29.0 Å². The van der Waals surface area contributed by atoms with Crippen molar-refractivity contribution >= 4 is 34.3 Å². The molecule has 1 aromatic carbocycles. The largest absolute Gasteiger partial charge is 0.384 e. The number of piperidine rings is 1. The fraction of sp³-hybridized carbons (Fsp3) is 0.417. The third kappa shape index (κ3) is 3.81. The molecule has 0 amide bonds. The molecular weight excluding hydrogens is 400 g/mol. The minimum absolute atomic E-state index is 0.328. The van der Waals surface area contributed by atoms with Crippen LogP contribution in [0.2, 0.25) is 0 Å². The zero-order valence-corrected chi connectivity index (χ0v) is 18.9. The fourth-order valence-corrected chi connectivity index (χ4v) is 4.30. The van der Waals surface area contributed by atoms with Gasteiger partial charge < -0.3 is 16.0 Å². The second-order valence-corrected chi connectivity index (χ2v) is 9.09. The SMILES string of the molecule is CC1CCN(c2nc(NCc3cccc4ccc(N)nc34)n3ncc(C(C)C)c3n2)CC1. The molecule has 1 aliphatic rings. The molecule has 4 heterocycles. The molecule has 0 bridgehead atoms. The van der Waals surface area contributed by atoms with Crippen LogP contribution in [0, 0.1) is 5.92 Å². The summed E-state index contributed by atoms with van der Waals surface area (Å²) in [5.74, 6) is 3.06. The van der Waals surface area contributed by atoms with Crippen LogP contribution in [0.15, 0.2) is 36.5 Å². The van der Waals surface area contributed by atoms with Crippen molar-refractivity contribution in [1.29, 1.82) is 0 Å². The molecular formula is C24H30N8. The van der Waals surface area contributed by atoms with Gasteiger partial charge in [0.25, 0.3) is 0 Å². The molecule has 166 valence electrons. The summed E-state index contributed by atoms with van der Waals surface area (Å²) in [7, 11) is 0. The van der Waals surface area contributed by atoms with E-state index in [1.807, 2.05) is 35.0 Å². The van der Waals surface area contributed by atoms with Crippen molar-refractivity contribution in [3.05, 3.63) is 47.7 Å². The number of nitrogen functional groups attached to an aromatic ring is 1. The standard InChI is InChI=1S/C24H30N8/c1-15(2)19-14-27-32-22(19)29-24(31-11-9-16(3)10-12-31)30-23(32)26-13-18-6-4-5-17-7-8-20(25)28-21(17)18/h4-8,14-16H,9-13H2,1-3H3,(H2,25,28)(H,26,29,30). The number of para-hydroxylation sites is 1. The highest BCUT2D eigenvalue weighted by Gasteiger charge is 2.22. The summed E-state index contributed by atoms with van der Waals surface area (Å²) in [5.41, 5.74) is 9.90. The molecule has 1 fully saturated rings. The molecule has 5 rings (SSSR count). The number of nitrogens with two attached hydrogens (primary N) is 1. The van der Waals surface area contributed by atoms with E-state index >= 15 is 0 Å². The Morgan fingerprint density at radius 1 is 1.09 bits per heavy atom. The molecule has 0 atom stereocenters. The lowest BCUT2D eigenvalue weighted by molar-refractivity contribution is 0.434. The Balaban J connectivity index is 1.52. The van der Waals surface area contributed by atoms with Crippen LogP contribution >= 0.6 is 0 Å². The van der Waals surface area contributed by atoms with Crippen LogP contribution < -0.4 is 16.0 Å². The molecule has 8 heteroatoms. The lowest BCUT2D eigenvalue weighted by Gasteiger charge is -2.30. The van der Waals surface area contributed by atoms with E-state index in [2.05, 4.69) is 47.1 Å². The number of benzene rings is 1. The Labute approximate surface area is 187 Å². The van der Waals surface area contributed by atoms with Crippen LogP contribution in [-0.2, 0) is 6.54 Å². The smallest absolute Gasteiger partial charge is 0.230 e. The zero-order valence-electron chi connectivity index (χ0n) is 18.9. The first-order valence-corrected chi connectivity index (χ1v) is 11.4. The molecule has 1 saturated heterocycles. The topological polar surface area (TPSA) is 97.3 Å². The van der Waals surface area contributed by atoms with Crippen LogP contribution in [0.3, 0.4) is 0 Å². The molecule has 1 aliphatic heterocycles. The van der Waals surface area contributed by atoms with E-state index in [9.17, 15) is 0 Å². The normalized spacial score (nSPS) is 15.2. The molecule has 0 spiro atoms. The average molecular weight is 431 g/mol. The van der Waals surface area contributed by atoms with Gasteiger partial charge in [-0.1, -0.05) is 39.0 Å². The maximum Gasteiger partial charge on any atom is 0.230 e. The van der Waals surface area contributed by atoms with E-state index in [1.54, 1.807) is 0 Å². The van der Waals surface area contributed by atoms with Crippen LogP contribution in [0.25, 0.3) is 16.6 Å². The van der Waals surface area contributed by atoms with Gasteiger partial charge in [0.05, 0.1) is 11.7 Å². The van der Waals surface area contributed by atoms with Crippen molar-refractivity contribution < 1.29 is 0 Å². The molecule has 0 radical (unpaired) electrons. The molecule has 3 aromatic heterocycles. The Morgan fingerprint density at radius 3 is 2.69 bits per heavy atom. The number of fused-ring (bicyclic) bond motifs is 2. The number of aromatic nitrogens is 5. The van der Waals surface area contributed by atoms with Crippen molar-refractivity contribution in [2.24, 2.45) is 5.92 Å². The van der Waals surface area contributed by atoms with Gasteiger partial charge in [-0.3, -0.25) is 0 Å². The van der Waals surface area contributed by atoms with Crippen LogP contribution in [0.1, 0.15) is 50.7 Å². The zero-order chi connectivity index (χ0) is 22.2.